The summed E-state index contributed by atoms with van der Waals surface area (Å²) in [5.41, 5.74) is 5.63. The Morgan fingerprint density at radius 3 is 2.32 bits per heavy atom. The fourth-order valence-corrected chi connectivity index (χ4v) is 3.38. The van der Waals surface area contributed by atoms with Crippen LogP contribution in [0.2, 0.25) is 5.02 Å². The number of rotatable bonds is 1. The van der Waals surface area contributed by atoms with E-state index in [1.165, 1.54) is 21.9 Å². The summed E-state index contributed by atoms with van der Waals surface area (Å²) in [5, 5.41) is 3.29. The van der Waals surface area contributed by atoms with Crippen LogP contribution in [-0.2, 0) is 0 Å². The molecule has 0 radical (unpaired) electrons. The Hall–Kier alpha value is -2.58. The molecule has 1 N–H and O–H groups in total. The van der Waals surface area contributed by atoms with Gasteiger partial charge in [-0.1, -0.05) is 48.0 Å². The first kappa shape index (κ1) is 12.0. The van der Waals surface area contributed by atoms with Crippen molar-refractivity contribution in [2.45, 2.75) is 0 Å². The maximum absolute atomic E-state index is 5.96. The Morgan fingerprint density at radius 2 is 1.55 bits per heavy atom. The van der Waals surface area contributed by atoms with Crippen molar-refractivity contribution in [2.24, 2.45) is 0 Å². The van der Waals surface area contributed by atoms with Crippen molar-refractivity contribution < 1.29 is 0 Å². The van der Waals surface area contributed by atoms with E-state index in [-0.39, 0.29) is 0 Å². The zero-order valence-corrected chi connectivity index (χ0v) is 12.4. The van der Waals surface area contributed by atoms with Crippen LogP contribution in [0.25, 0.3) is 44.7 Å². The van der Waals surface area contributed by atoms with Gasteiger partial charge in [0.1, 0.15) is 5.82 Å². The van der Waals surface area contributed by atoms with Crippen molar-refractivity contribution in [3.05, 3.63) is 65.7 Å². The van der Waals surface area contributed by atoms with Crippen LogP contribution in [0.5, 0.6) is 0 Å². The second kappa shape index (κ2) is 4.21. The van der Waals surface area contributed by atoms with E-state index >= 15 is 0 Å². The van der Waals surface area contributed by atoms with Gasteiger partial charge < -0.3 is 4.98 Å². The molecule has 0 amide bonds. The number of fused-ring (bicyclic) bond motifs is 3. The summed E-state index contributed by atoms with van der Waals surface area (Å²) in [5.74, 6) is 0.883. The van der Waals surface area contributed by atoms with Crippen molar-refractivity contribution >= 4 is 22.4 Å². The number of benzene rings is 3. The van der Waals surface area contributed by atoms with Gasteiger partial charge in [0.05, 0.1) is 11.4 Å². The number of nitrogens with zero attached hydrogens (tertiary/aromatic N) is 1. The third-order valence-corrected chi connectivity index (χ3v) is 4.50. The molecule has 1 aliphatic rings. The summed E-state index contributed by atoms with van der Waals surface area (Å²) in [4.78, 5) is 8.31. The number of H-pyrrole nitrogens is 1. The van der Waals surface area contributed by atoms with Gasteiger partial charge in [-0.25, -0.2) is 4.98 Å². The van der Waals surface area contributed by atoms with Crippen LogP contribution in [0.1, 0.15) is 0 Å². The van der Waals surface area contributed by atoms with E-state index < -0.39 is 0 Å². The Balaban J connectivity index is 1.77. The molecule has 0 spiro atoms. The predicted octanol–water partition coefficient (Wildman–Crippen LogP) is 5.53. The highest BCUT2D eigenvalue weighted by atomic mass is 35.5. The first-order chi connectivity index (χ1) is 10.8. The molecule has 104 valence electrons. The molecule has 0 unspecified atom stereocenters. The Kier molecular flexibility index (Phi) is 2.30. The average Bonchev–Trinajstić information content (AvgIpc) is 3.10. The quantitative estimate of drug-likeness (QED) is 0.433. The zero-order valence-electron chi connectivity index (χ0n) is 11.6. The Bertz CT molecular complexity index is 973. The first-order valence-electron chi connectivity index (χ1n) is 7.20. The van der Waals surface area contributed by atoms with Crippen LogP contribution in [0.15, 0.2) is 60.7 Å². The van der Waals surface area contributed by atoms with E-state index in [0.29, 0.717) is 0 Å². The number of aromatic amines is 1. The third-order valence-electron chi connectivity index (χ3n) is 4.25. The van der Waals surface area contributed by atoms with Gasteiger partial charge in [0.2, 0.25) is 0 Å². The minimum absolute atomic E-state index is 0.734. The van der Waals surface area contributed by atoms with Gasteiger partial charge in [-0.3, -0.25) is 0 Å². The van der Waals surface area contributed by atoms with E-state index in [4.69, 9.17) is 16.6 Å². The van der Waals surface area contributed by atoms with E-state index in [0.717, 1.165) is 27.8 Å². The minimum Gasteiger partial charge on any atom is -0.337 e. The molecule has 22 heavy (non-hydrogen) atoms. The molecule has 3 heteroatoms. The molecule has 0 saturated carbocycles. The number of imidazole rings is 1. The fourth-order valence-electron chi connectivity index (χ4n) is 3.25. The normalized spacial score (nSPS) is 11.9. The van der Waals surface area contributed by atoms with Gasteiger partial charge in [-0.05, 0) is 29.7 Å². The van der Waals surface area contributed by atoms with Crippen molar-refractivity contribution in [3.8, 4) is 33.9 Å². The SMILES string of the molecule is Clc1ccc(-c2nc3c([nH]2)-c2cccc4cccc-3c24)cc1. The van der Waals surface area contributed by atoms with E-state index in [1.54, 1.807) is 0 Å². The standard InChI is InChI=1S/C19H11ClN2/c20-13-9-7-12(8-10-13)19-21-17-14-5-1-3-11-4-2-6-15(16(11)14)18(17)22-19/h1-10H,(H,21,22). The molecule has 0 atom stereocenters. The lowest BCUT2D eigenvalue weighted by Crippen LogP contribution is -1.83. The highest BCUT2D eigenvalue weighted by molar-refractivity contribution is 6.30. The molecule has 1 aromatic heterocycles. The molecule has 0 aliphatic heterocycles. The van der Waals surface area contributed by atoms with E-state index in [1.807, 2.05) is 24.3 Å². The minimum atomic E-state index is 0.734. The molecule has 0 saturated heterocycles. The topological polar surface area (TPSA) is 28.7 Å². The molecule has 0 bridgehead atoms. The van der Waals surface area contributed by atoms with Gasteiger partial charge in [-0.2, -0.15) is 0 Å². The summed E-state index contributed by atoms with van der Waals surface area (Å²) in [6.45, 7) is 0. The van der Waals surface area contributed by atoms with E-state index in [2.05, 4.69) is 41.4 Å². The lowest BCUT2D eigenvalue weighted by atomic mass is 10.0. The molecule has 0 fully saturated rings. The van der Waals surface area contributed by atoms with Gasteiger partial charge in [0.15, 0.2) is 0 Å². The molecule has 2 nitrogen and oxygen atoms in total. The third kappa shape index (κ3) is 1.53. The summed E-state index contributed by atoms with van der Waals surface area (Å²) < 4.78 is 0. The highest BCUT2D eigenvalue weighted by Crippen LogP contribution is 2.46. The molecular formula is C19H11ClN2. The molecule has 3 aromatic carbocycles. The molecular weight excluding hydrogens is 292 g/mol. The van der Waals surface area contributed by atoms with Crippen molar-refractivity contribution in [1.29, 1.82) is 0 Å². The number of halogens is 1. The number of aromatic nitrogens is 2. The zero-order chi connectivity index (χ0) is 14.7. The van der Waals surface area contributed by atoms with Crippen LogP contribution in [0.3, 0.4) is 0 Å². The maximum atomic E-state index is 5.96. The second-order valence-electron chi connectivity index (χ2n) is 5.53. The lowest BCUT2D eigenvalue weighted by molar-refractivity contribution is 1.31. The number of hydrogen-bond acceptors (Lipinski definition) is 1. The molecule has 1 heterocycles. The van der Waals surface area contributed by atoms with Crippen molar-refractivity contribution in [2.75, 3.05) is 0 Å². The predicted molar refractivity (Wildman–Crippen MR) is 91.0 cm³/mol. The maximum Gasteiger partial charge on any atom is 0.138 e. The largest absolute Gasteiger partial charge is 0.337 e. The van der Waals surface area contributed by atoms with E-state index in [9.17, 15) is 0 Å². The molecule has 1 aliphatic carbocycles. The lowest BCUT2D eigenvalue weighted by Gasteiger charge is -2.02. The summed E-state index contributed by atoms with van der Waals surface area (Å²) in [7, 11) is 0. The van der Waals surface area contributed by atoms with Crippen LogP contribution < -0.4 is 0 Å². The van der Waals surface area contributed by atoms with Crippen LogP contribution >= 0.6 is 11.6 Å². The van der Waals surface area contributed by atoms with Gasteiger partial charge in [-0.15, -0.1) is 0 Å². The summed E-state index contributed by atoms with van der Waals surface area (Å²) >= 11 is 5.96. The number of hydrogen-bond donors (Lipinski definition) is 1. The molecule has 5 rings (SSSR count). The Labute approximate surface area is 132 Å². The van der Waals surface area contributed by atoms with Crippen LogP contribution in [0.4, 0.5) is 0 Å². The van der Waals surface area contributed by atoms with Gasteiger partial charge >= 0.3 is 0 Å². The van der Waals surface area contributed by atoms with Gasteiger partial charge in [0, 0.05) is 27.1 Å². The van der Waals surface area contributed by atoms with Crippen LogP contribution in [-0.4, -0.2) is 9.97 Å². The fraction of sp³-hybridized carbons (Fsp3) is 0. The second-order valence-corrected chi connectivity index (χ2v) is 5.96. The summed E-state index contributed by atoms with van der Waals surface area (Å²) in [6, 6.07) is 20.5. The highest BCUT2D eigenvalue weighted by Gasteiger charge is 2.25. The summed E-state index contributed by atoms with van der Waals surface area (Å²) in [6.07, 6.45) is 0. The smallest absolute Gasteiger partial charge is 0.138 e. The van der Waals surface area contributed by atoms with Crippen molar-refractivity contribution in [1.82, 2.24) is 9.97 Å². The number of nitrogens with one attached hydrogen (secondary N) is 1. The molecule has 4 aromatic rings. The van der Waals surface area contributed by atoms with Gasteiger partial charge in [0.25, 0.3) is 0 Å². The average molecular weight is 303 g/mol. The first-order valence-corrected chi connectivity index (χ1v) is 7.57. The van der Waals surface area contributed by atoms with Crippen LogP contribution in [0, 0.1) is 0 Å². The monoisotopic (exact) mass is 302 g/mol. The Morgan fingerprint density at radius 1 is 0.818 bits per heavy atom. The van der Waals surface area contributed by atoms with Crippen molar-refractivity contribution in [3.63, 3.8) is 0 Å².